The molecule has 0 fully saturated rings. The van der Waals surface area contributed by atoms with Crippen LogP contribution in [0.1, 0.15) is 6.04 Å². The van der Waals surface area contributed by atoms with Crippen molar-refractivity contribution >= 4 is 0 Å². The van der Waals surface area contributed by atoms with Gasteiger partial charge in [-0.25, -0.2) is 0 Å². The second-order valence-electron chi connectivity index (χ2n) is 4.25. The van der Waals surface area contributed by atoms with Gasteiger partial charge in [-0.3, -0.25) is 0 Å². The Morgan fingerprint density at radius 3 is 1.42 bits per heavy atom. The third-order valence-electron chi connectivity index (χ3n) is 2.87. The van der Waals surface area contributed by atoms with Crippen LogP contribution in [0.5, 0.6) is 0 Å². The van der Waals surface area contributed by atoms with Gasteiger partial charge in [0.05, 0.1) is 0 Å². The van der Waals surface area contributed by atoms with Crippen molar-refractivity contribution in [3.8, 4) is 0 Å². The molecule has 0 amide bonds. The van der Waals surface area contributed by atoms with Crippen LogP contribution in [0.4, 0.5) is 52.7 Å². The molecular formula is C9H2F12NO2-. The normalized spacial score (nSPS) is 16.3. The van der Waals surface area contributed by atoms with Crippen molar-refractivity contribution in [2.45, 2.75) is 30.7 Å². The Kier molecular flexibility index (Phi) is 4.50. The molecule has 0 aromatic carbocycles. The predicted octanol–water partition coefficient (Wildman–Crippen LogP) is 4.02. The van der Waals surface area contributed by atoms with Crippen LogP contribution < -0.4 is 5.76 Å². The summed E-state index contributed by atoms with van der Waals surface area (Å²) in [6.45, 7) is 0. The minimum atomic E-state index is -7.52. The summed E-state index contributed by atoms with van der Waals surface area (Å²) in [4.78, 5) is 10.9. The maximum absolute atomic E-state index is 12.8. The molecule has 1 rings (SSSR count). The third kappa shape index (κ3) is 2.83. The molecule has 3 nitrogen and oxygen atoms in total. The number of nitrogens with zero attached hydrogens (tertiary/aromatic N) is 1. The van der Waals surface area contributed by atoms with Crippen LogP contribution in [0.25, 0.3) is 0 Å². The van der Waals surface area contributed by atoms with Gasteiger partial charge < -0.3 is 13.8 Å². The van der Waals surface area contributed by atoms with Crippen molar-refractivity contribution < 1.29 is 57.1 Å². The smallest absolute Gasteiger partial charge is 0.414 e. The second-order valence-corrected chi connectivity index (χ2v) is 4.25. The molecule has 24 heavy (non-hydrogen) atoms. The second kappa shape index (κ2) is 5.34. The molecule has 0 radical (unpaired) electrons. The lowest BCUT2D eigenvalue weighted by Gasteiger charge is -2.45. The van der Waals surface area contributed by atoms with Gasteiger partial charge in [-0.05, 0) is 6.26 Å². The van der Waals surface area contributed by atoms with Crippen LogP contribution in [0, 0.1) is 11.6 Å². The minimum absolute atomic E-state index is 0.213. The molecule has 1 unspecified atom stereocenters. The van der Waals surface area contributed by atoms with Gasteiger partial charge in [-0.15, -0.1) is 6.20 Å². The summed E-state index contributed by atoms with van der Waals surface area (Å²) < 4.78 is 155. The van der Waals surface area contributed by atoms with Gasteiger partial charge in [0.2, 0.25) is 0 Å². The van der Waals surface area contributed by atoms with Gasteiger partial charge in [0.1, 0.15) is 6.04 Å². The Bertz CT molecular complexity index is 591. The number of halogens is 12. The van der Waals surface area contributed by atoms with E-state index in [0.717, 1.165) is 6.20 Å². The van der Waals surface area contributed by atoms with Crippen LogP contribution in [-0.4, -0.2) is 29.3 Å². The average molecular weight is 384 g/mol. The van der Waals surface area contributed by atoms with E-state index in [1.807, 2.05) is 0 Å². The molecule has 0 bridgehead atoms. The van der Waals surface area contributed by atoms with Gasteiger partial charge in [-0.2, -0.15) is 52.7 Å². The molecule has 140 valence electrons. The van der Waals surface area contributed by atoms with Crippen LogP contribution >= 0.6 is 0 Å². The summed E-state index contributed by atoms with van der Waals surface area (Å²) >= 11 is 0. The summed E-state index contributed by atoms with van der Waals surface area (Å²) in [7, 11) is 0. The number of oxazole rings is 1. The molecule has 1 aromatic heterocycles. The van der Waals surface area contributed by atoms with Crippen LogP contribution in [0.2, 0.25) is 0 Å². The maximum Gasteiger partial charge on any atom is 0.414 e. The third-order valence-corrected chi connectivity index (χ3v) is 2.87. The zero-order valence-electron chi connectivity index (χ0n) is 10.5. The van der Waals surface area contributed by atoms with Gasteiger partial charge >= 0.3 is 24.7 Å². The van der Waals surface area contributed by atoms with Crippen molar-refractivity contribution in [1.29, 1.82) is 0 Å². The van der Waals surface area contributed by atoms with E-state index in [0.29, 0.717) is 0 Å². The summed E-state index contributed by atoms with van der Waals surface area (Å²) in [5.74, 6) is -2.54. The zero-order valence-corrected chi connectivity index (χ0v) is 10.5. The predicted molar refractivity (Wildman–Crippen MR) is 47.5 cm³/mol. The number of hydrogen-bond acceptors (Lipinski definition) is 2. The summed E-state index contributed by atoms with van der Waals surface area (Å²) in [6.07, 6.45) is -28.7. The van der Waals surface area contributed by atoms with E-state index in [-0.39, 0.29) is 6.26 Å². The lowest BCUT2D eigenvalue weighted by atomic mass is 9.76. The van der Waals surface area contributed by atoms with E-state index in [1.165, 1.54) is 0 Å². The fraction of sp³-hybridized carbons (Fsp3) is 0.667. The highest BCUT2D eigenvalue weighted by molar-refractivity contribution is 5.08. The number of alkyl halides is 12. The quantitative estimate of drug-likeness (QED) is 0.571. The Morgan fingerprint density at radius 2 is 1.21 bits per heavy atom. The fourth-order valence-electron chi connectivity index (χ4n) is 1.96. The van der Waals surface area contributed by atoms with Crippen LogP contribution in [0.3, 0.4) is 0 Å². The summed E-state index contributed by atoms with van der Waals surface area (Å²) in [5, 5.41) is 0. The molecule has 1 aromatic rings. The lowest BCUT2D eigenvalue weighted by molar-refractivity contribution is -0.459. The monoisotopic (exact) mass is 384 g/mol. The Hall–Kier alpha value is -1.83. The molecule has 1 atom stereocenters. The van der Waals surface area contributed by atoms with Gasteiger partial charge in [0, 0.05) is 0 Å². The van der Waals surface area contributed by atoms with Gasteiger partial charge in [0.15, 0.2) is 0 Å². The molecular weight excluding hydrogens is 382 g/mol. The summed E-state index contributed by atoms with van der Waals surface area (Å²) in [5.41, 5.74) is -7.32. The highest BCUT2D eigenvalue weighted by Crippen LogP contribution is 2.67. The molecule has 0 aliphatic carbocycles. The van der Waals surface area contributed by atoms with E-state index >= 15 is 0 Å². The standard InChI is InChI=1S/C9H2F12NO2/c10-6(11,12)3(22-1-2-24-4(22)23)5(7(13,14)15,8(16,17)18)9(19,20)21/h2-3H/q-1. The van der Waals surface area contributed by atoms with E-state index in [1.54, 1.807) is 0 Å². The minimum Gasteiger partial charge on any atom is -0.522 e. The van der Waals surface area contributed by atoms with Crippen molar-refractivity contribution in [2.75, 3.05) is 0 Å². The molecule has 0 saturated carbocycles. The number of rotatable bonds is 2. The zero-order chi connectivity index (χ0) is 19.4. The Labute approximate surface area is 122 Å². The molecule has 0 saturated heterocycles. The highest BCUT2D eigenvalue weighted by atomic mass is 19.4. The molecule has 0 spiro atoms. The van der Waals surface area contributed by atoms with Crippen molar-refractivity contribution in [3.63, 3.8) is 0 Å². The van der Waals surface area contributed by atoms with Gasteiger partial charge in [0.25, 0.3) is 11.2 Å². The Balaban J connectivity index is 4.06. The first-order valence-corrected chi connectivity index (χ1v) is 5.23. The van der Waals surface area contributed by atoms with Gasteiger partial charge in [-0.1, -0.05) is 0 Å². The molecule has 0 aliphatic rings. The summed E-state index contributed by atoms with van der Waals surface area (Å²) in [6, 6.07) is -5.43. The first kappa shape index (κ1) is 20.2. The lowest BCUT2D eigenvalue weighted by Crippen LogP contribution is -2.67. The Morgan fingerprint density at radius 1 is 0.833 bits per heavy atom. The number of hydrogen-bond donors (Lipinski definition) is 0. The maximum atomic E-state index is 12.8. The van der Waals surface area contributed by atoms with Crippen molar-refractivity contribution in [3.05, 3.63) is 23.0 Å². The van der Waals surface area contributed by atoms with E-state index < -0.39 is 46.5 Å². The van der Waals surface area contributed by atoms with E-state index in [2.05, 4.69) is 4.42 Å². The van der Waals surface area contributed by atoms with E-state index in [4.69, 9.17) is 0 Å². The largest absolute Gasteiger partial charge is 0.522 e. The van der Waals surface area contributed by atoms with E-state index in [9.17, 15) is 57.5 Å². The molecule has 0 N–H and O–H groups in total. The average Bonchev–Trinajstić information content (AvgIpc) is 2.64. The SMILES string of the molecule is O=c1oc[c-]n1C(C(F)(F)F)C(C(F)(F)F)(C(F)(F)F)C(F)(F)F. The highest BCUT2D eigenvalue weighted by Gasteiger charge is 2.89. The fourth-order valence-corrected chi connectivity index (χ4v) is 1.96. The molecule has 15 heteroatoms. The van der Waals surface area contributed by atoms with Crippen LogP contribution in [-0.2, 0) is 0 Å². The van der Waals surface area contributed by atoms with Crippen molar-refractivity contribution in [2.24, 2.45) is 5.41 Å². The molecule has 1 heterocycles. The van der Waals surface area contributed by atoms with Crippen LogP contribution in [0.15, 0.2) is 15.5 Å². The topological polar surface area (TPSA) is 35.1 Å². The first-order chi connectivity index (χ1) is 10.4. The first-order valence-electron chi connectivity index (χ1n) is 5.23. The number of aromatic nitrogens is 1. The molecule has 0 aliphatic heterocycles. The van der Waals surface area contributed by atoms with Crippen molar-refractivity contribution in [1.82, 2.24) is 4.57 Å².